The lowest BCUT2D eigenvalue weighted by Crippen LogP contribution is -2.02. The third kappa shape index (κ3) is 3.51. The van der Waals surface area contributed by atoms with Crippen LogP contribution < -0.4 is 0 Å². The fourth-order valence-corrected chi connectivity index (χ4v) is 3.82. The third-order valence-corrected chi connectivity index (χ3v) is 4.91. The Hall–Kier alpha value is -1.59. The van der Waals surface area contributed by atoms with Crippen molar-refractivity contribution in [2.24, 2.45) is 0 Å². The lowest BCUT2D eigenvalue weighted by atomic mass is 10.1. The first-order valence-corrected chi connectivity index (χ1v) is 9.10. The molecule has 23 heavy (non-hydrogen) atoms. The van der Waals surface area contributed by atoms with E-state index < -0.39 is 11.2 Å². The number of hydrogen-bond donors (Lipinski definition) is 0. The van der Waals surface area contributed by atoms with Crippen LogP contribution in [0.2, 0.25) is 10.3 Å². The highest BCUT2D eigenvalue weighted by atomic mass is 35.5. The maximum Gasteiger partial charge on any atom is 0.223 e. The second-order valence-electron chi connectivity index (χ2n) is 4.84. The van der Waals surface area contributed by atoms with Gasteiger partial charge in [0.25, 0.3) is 0 Å². The topological polar surface area (TPSA) is 48.8 Å². The van der Waals surface area contributed by atoms with Crippen LogP contribution in [0.3, 0.4) is 0 Å². The monoisotopic (exact) mass is 362 g/mol. The molecular weight excluding hydrogens is 351 g/mol. The molecule has 0 aliphatic carbocycles. The lowest BCUT2D eigenvalue weighted by Gasteiger charge is -2.12. The minimum absolute atomic E-state index is 0.133. The summed E-state index contributed by atoms with van der Waals surface area (Å²) in [6, 6.07) is 16.8. The smallest absolute Gasteiger partial charge is 0.223 e. The van der Waals surface area contributed by atoms with Crippen LogP contribution in [0.4, 0.5) is 0 Å². The Kier molecular flexibility index (Phi) is 4.87. The van der Waals surface area contributed by atoms with Gasteiger partial charge in [-0.2, -0.15) is 0 Å². The van der Waals surface area contributed by atoms with Crippen LogP contribution in [0.25, 0.3) is 22.5 Å². The molecule has 2 aromatic carbocycles. The van der Waals surface area contributed by atoms with Gasteiger partial charge in [0.15, 0.2) is 4.90 Å². The number of halogens is 2. The standard InChI is InChI=1S/C17H12Cl2N2OS/c1-23(22)16-12(8-5-9-13(16)18)15-10-14(20-17(19)21-15)11-6-3-2-4-7-11/h2-10H,1H3. The summed E-state index contributed by atoms with van der Waals surface area (Å²) < 4.78 is 12.1. The predicted octanol–water partition coefficient (Wildman–Crippen LogP) is 4.85. The SMILES string of the molecule is C[S+]([O-])c1c(Cl)cccc1-c1cc(-c2ccccc2)nc(Cl)n1. The first-order chi connectivity index (χ1) is 11.1. The van der Waals surface area contributed by atoms with Crippen molar-refractivity contribution < 1.29 is 4.55 Å². The molecule has 3 rings (SSSR count). The molecule has 6 heteroatoms. The summed E-state index contributed by atoms with van der Waals surface area (Å²) in [5.41, 5.74) is 2.92. The molecule has 0 aliphatic rings. The van der Waals surface area contributed by atoms with Gasteiger partial charge in [0.05, 0.1) is 22.0 Å². The summed E-state index contributed by atoms with van der Waals surface area (Å²) in [7, 11) is 0. The Labute approximate surface area is 147 Å². The lowest BCUT2D eigenvalue weighted by molar-refractivity contribution is 0.601. The first kappa shape index (κ1) is 16.3. The Morgan fingerprint density at radius 3 is 2.30 bits per heavy atom. The number of rotatable bonds is 3. The van der Waals surface area contributed by atoms with E-state index in [1.165, 1.54) is 0 Å². The van der Waals surface area contributed by atoms with Crippen molar-refractivity contribution in [2.75, 3.05) is 6.26 Å². The fraction of sp³-hybridized carbons (Fsp3) is 0.0588. The van der Waals surface area contributed by atoms with E-state index in [9.17, 15) is 4.55 Å². The molecule has 3 aromatic rings. The molecule has 1 unspecified atom stereocenters. The van der Waals surface area contributed by atoms with E-state index in [1.54, 1.807) is 18.4 Å². The molecule has 1 atom stereocenters. The Bertz CT molecular complexity index is 841. The molecule has 0 N–H and O–H groups in total. The maximum absolute atomic E-state index is 12.1. The third-order valence-electron chi connectivity index (χ3n) is 3.30. The number of benzene rings is 2. The number of nitrogens with zero attached hydrogens (tertiary/aromatic N) is 2. The van der Waals surface area contributed by atoms with Crippen molar-refractivity contribution in [3.63, 3.8) is 0 Å². The zero-order valence-electron chi connectivity index (χ0n) is 12.2. The second kappa shape index (κ2) is 6.89. The van der Waals surface area contributed by atoms with E-state index in [0.29, 0.717) is 26.9 Å². The van der Waals surface area contributed by atoms with Crippen molar-refractivity contribution in [1.82, 2.24) is 9.97 Å². The summed E-state index contributed by atoms with van der Waals surface area (Å²) >= 11 is 11.0. The fourth-order valence-electron chi connectivity index (χ4n) is 2.32. The number of aromatic nitrogens is 2. The van der Waals surface area contributed by atoms with Crippen LogP contribution in [-0.4, -0.2) is 20.8 Å². The molecule has 0 spiro atoms. The van der Waals surface area contributed by atoms with Crippen LogP contribution in [-0.2, 0) is 11.2 Å². The minimum Gasteiger partial charge on any atom is -0.612 e. The molecule has 0 radical (unpaired) electrons. The summed E-state index contributed by atoms with van der Waals surface area (Å²) in [6.45, 7) is 0. The van der Waals surface area contributed by atoms with E-state index in [2.05, 4.69) is 9.97 Å². The number of hydrogen-bond acceptors (Lipinski definition) is 3. The maximum atomic E-state index is 12.1. The van der Waals surface area contributed by atoms with Crippen molar-refractivity contribution in [1.29, 1.82) is 0 Å². The van der Waals surface area contributed by atoms with Crippen molar-refractivity contribution >= 4 is 34.4 Å². The first-order valence-electron chi connectivity index (χ1n) is 6.78. The highest BCUT2D eigenvalue weighted by Crippen LogP contribution is 2.33. The summed E-state index contributed by atoms with van der Waals surface area (Å²) in [5, 5.41) is 0.577. The summed E-state index contributed by atoms with van der Waals surface area (Å²) in [4.78, 5) is 9.09. The van der Waals surface area contributed by atoms with Gasteiger partial charge in [-0.05, 0) is 41.0 Å². The van der Waals surface area contributed by atoms with Gasteiger partial charge in [-0.15, -0.1) is 0 Å². The molecule has 0 saturated carbocycles. The molecule has 116 valence electrons. The second-order valence-corrected chi connectivity index (χ2v) is 6.91. The molecule has 0 saturated heterocycles. The van der Waals surface area contributed by atoms with Crippen LogP contribution >= 0.6 is 23.2 Å². The van der Waals surface area contributed by atoms with Gasteiger partial charge in [-0.25, -0.2) is 9.97 Å². The molecule has 0 aliphatic heterocycles. The highest BCUT2D eigenvalue weighted by molar-refractivity contribution is 7.91. The van der Waals surface area contributed by atoms with Crippen LogP contribution in [0.5, 0.6) is 0 Å². The quantitative estimate of drug-likeness (QED) is 0.493. The minimum atomic E-state index is -1.25. The van der Waals surface area contributed by atoms with Crippen LogP contribution in [0, 0.1) is 0 Å². The van der Waals surface area contributed by atoms with Crippen molar-refractivity contribution in [2.45, 2.75) is 4.90 Å². The van der Waals surface area contributed by atoms with E-state index in [1.807, 2.05) is 42.5 Å². The summed E-state index contributed by atoms with van der Waals surface area (Å²) in [6.07, 6.45) is 1.59. The molecule has 3 nitrogen and oxygen atoms in total. The van der Waals surface area contributed by atoms with Gasteiger partial charge >= 0.3 is 0 Å². The molecule has 0 fully saturated rings. The molecular formula is C17H12Cl2N2OS. The largest absolute Gasteiger partial charge is 0.612 e. The van der Waals surface area contributed by atoms with E-state index in [-0.39, 0.29) is 5.28 Å². The van der Waals surface area contributed by atoms with Crippen LogP contribution in [0.15, 0.2) is 59.5 Å². The van der Waals surface area contributed by atoms with Crippen LogP contribution in [0.1, 0.15) is 0 Å². The predicted molar refractivity (Wildman–Crippen MR) is 95.3 cm³/mol. The van der Waals surface area contributed by atoms with Gasteiger partial charge < -0.3 is 4.55 Å². The highest BCUT2D eigenvalue weighted by Gasteiger charge is 2.19. The summed E-state index contributed by atoms with van der Waals surface area (Å²) in [5.74, 6) is 0. The van der Waals surface area contributed by atoms with Crippen molar-refractivity contribution in [3.8, 4) is 22.5 Å². The Morgan fingerprint density at radius 2 is 1.61 bits per heavy atom. The van der Waals surface area contributed by atoms with Gasteiger partial charge in [-0.3, -0.25) is 0 Å². The van der Waals surface area contributed by atoms with E-state index >= 15 is 0 Å². The average Bonchev–Trinajstić information content (AvgIpc) is 2.54. The zero-order valence-corrected chi connectivity index (χ0v) is 14.5. The van der Waals surface area contributed by atoms with Crippen molar-refractivity contribution in [3.05, 3.63) is 64.9 Å². The van der Waals surface area contributed by atoms with E-state index in [0.717, 1.165) is 5.56 Å². The van der Waals surface area contributed by atoms with Gasteiger partial charge in [0, 0.05) is 5.56 Å². The van der Waals surface area contributed by atoms with Gasteiger partial charge in [0.2, 0.25) is 5.28 Å². The van der Waals surface area contributed by atoms with Gasteiger partial charge in [-0.1, -0.05) is 48.0 Å². The molecule has 0 amide bonds. The van der Waals surface area contributed by atoms with Gasteiger partial charge in [0.1, 0.15) is 6.26 Å². The Balaban J connectivity index is 2.19. The van der Waals surface area contributed by atoms with E-state index in [4.69, 9.17) is 23.2 Å². The zero-order chi connectivity index (χ0) is 16.4. The molecule has 1 aromatic heterocycles. The normalized spacial score (nSPS) is 12.2. The average molecular weight is 363 g/mol. The molecule has 0 bridgehead atoms. The molecule has 1 heterocycles. The Morgan fingerprint density at radius 1 is 0.913 bits per heavy atom.